The molecule has 0 aromatic rings. The van der Waals surface area contributed by atoms with Crippen molar-refractivity contribution in [3.05, 3.63) is 0 Å². The van der Waals surface area contributed by atoms with Gasteiger partial charge in [-0.1, -0.05) is 39.3 Å². The fourth-order valence-corrected chi connectivity index (χ4v) is 4.82. The number of carbonyl (C=O) groups excluding carboxylic acids is 2. The minimum Gasteiger partial charge on any atom is -0.382 e. The van der Waals surface area contributed by atoms with E-state index in [0.717, 1.165) is 5.71 Å². The first kappa shape index (κ1) is 23.6. The van der Waals surface area contributed by atoms with Gasteiger partial charge < -0.3 is 14.6 Å². The van der Waals surface area contributed by atoms with Gasteiger partial charge in [0, 0.05) is 31.5 Å². The topological polar surface area (TPSA) is 122 Å². The van der Waals surface area contributed by atoms with Gasteiger partial charge in [-0.05, 0) is 19.8 Å². The first-order valence-corrected chi connectivity index (χ1v) is 11.8. The van der Waals surface area contributed by atoms with E-state index in [4.69, 9.17) is 9.98 Å². The molecule has 3 atom stereocenters. The number of amides is 2. The van der Waals surface area contributed by atoms with Crippen LogP contribution in [0.4, 0.5) is 0 Å². The SMILES string of the molecule is CCCC(C(=O)N1CCC(N(CC)C(=O)C2CC(C(C)(C)C)=NO2)C1)S(N)(=O)=O. The largest absolute Gasteiger partial charge is 0.382 e. The van der Waals surface area contributed by atoms with Crippen molar-refractivity contribution < 1.29 is 22.8 Å². The van der Waals surface area contributed by atoms with E-state index in [2.05, 4.69) is 5.16 Å². The predicted octanol–water partition coefficient (Wildman–Crippen LogP) is 1.08. The summed E-state index contributed by atoms with van der Waals surface area (Å²) in [6, 6.07) is -0.179. The van der Waals surface area contributed by atoms with E-state index in [1.165, 1.54) is 4.90 Å². The van der Waals surface area contributed by atoms with Crippen molar-refractivity contribution >= 4 is 27.5 Å². The standard InChI is InChI=1S/C19H34N4O5S/c1-6-8-15(29(20,26)27)18(25)22-10-9-13(12-22)23(7-2)17(24)14-11-16(21-28-14)19(3,4)5/h13-15H,6-12H2,1-5H3,(H2,20,26,27). The molecule has 9 nitrogen and oxygen atoms in total. The second kappa shape index (κ2) is 8.99. The summed E-state index contributed by atoms with van der Waals surface area (Å²) in [4.78, 5) is 34.4. The fraction of sp³-hybridized carbons (Fsp3) is 0.842. The maximum absolute atomic E-state index is 13.0. The monoisotopic (exact) mass is 430 g/mol. The molecule has 1 saturated heterocycles. The lowest BCUT2D eigenvalue weighted by atomic mass is 9.87. The number of nitrogens with two attached hydrogens (primary N) is 1. The van der Waals surface area contributed by atoms with Crippen LogP contribution in [0.1, 0.15) is 60.3 Å². The number of sulfonamides is 1. The highest BCUT2D eigenvalue weighted by Crippen LogP contribution is 2.27. The summed E-state index contributed by atoms with van der Waals surface area (Å²) >= 11 is 0. The van der Waals surface area contributed by atoms with Crippen LogP contribution >= 0.6 is 0 Å². The lowest BCUT2D eigenvalue weighted by Crippen LogP contribution is -2.49. The lowest BCUT2D eigenvalue weighted by molar-refractivity contribution is -0.144. The second-order valence-corrected chi connectivity index (χ2v) is 10.6. The van der Waals surface area contributed by atoms with Crippen LogP contribution in [0.25, 0.3) is 0 Å². The number of oxime groups is 1. The summed E-state index contributed by atoms with van der Waals surface area (Å²) in [6.45, 7) is 10.9. The van der Waals surface area contributed by atoms with Crippen molar-refractivity contribution in [1.29, 1.82) is 0 Å². The van der Waals surface area contributed by atoms with Crippen molar-refractivity contribution in [2.24, 2.45) is 15.7 Å². The Morgan fingerprint density at radius 1 is 1.34 bits per heavy atom. The summed E-state index contributed by atoms with van der Waals surface area (Å²) in [5, 5.41) is 8.13. The molecule has 0 spiro atoms. The Balaban J connectivity index is 2.04. The zero-order valence-corrected chi connectivity index (χ0v) is 18.9. The third-order valence-electron chi connectivity index (χ3n) is 5.57. The minimum absolute atomic E-state index is 0.147. The molecule has 3 unspecified atom stereocenters. The normalized spacial score (nSPS) is 23.5. The highest BCUT2D eigenvalue weighted by molar-refractivity contribution is 7.90. The van der Waals surface area contributed by atoms with Gasteiger partial charge in [0.1, 0.15) is 0 Å². The van der Waals surface area contributed by atoms with Crippen LogP contribution in [-0.4, -0.2) is 72.8 Å². The van der Waals surface area contributed by atoms with Crippen molar-refractivity contribution in [1.82, 2.24) is 9.80 Å². The molecule has 2 heterocycles. The molecule has 2 aliphatic heterocycles. The minimum atomic E-state index is -3.96. The molecule has 1 fully saturated rings. The zero-order valence-electron chi connectivity index (χ0n) is 18.1. The van der Waals surface area contributed by atoms with Gasteiger partial charge in [0.25, 0.3) is 5.91 Å². The number of primary sulfonamides is 1. The Kier molecular flexibility index (Phi) is 7.32. The van der Waals surface area contributed by atoms with Gasteiger partial charge in [-0.3, -0.25) is 9.59 Å². The van der Waals surface area contributed by atoms with Crippen molar-refractivity contribution in [2.45, 2.75) is 77.7 Å². The van der Waals surface area contributed by atoms with E-state index in [0.29, 0.717) is 38.9 Å². The first-order chi connectivity index (χ1) is 13.4. The van der Waals surface area contributed by atoms with Crippen LogP contribution < -0.4 is 5.14 Å². The molecule has 166 valence electrons. The molecular formula is C19H34N4O5S. The molecule has 0 aromatic heterocycles. The summed E-state index contributed by atoms with van der Waals surface area (Å²) in [5.41, 5.74) is 0.690. The fourth-order valence-electron chi connectivity index (χ4n) is 3.82. The van der Waals surface area contributed by atoms with Gasteiger partial charge in [-0.15, -0.1) is 0 Å². The van der Waals surface area contributed by atoms with Gasteiger partial charge in [-0.25, -0.2) is 13.6 Å². The van der Waals surface area contributed by atoms with Gasteiger partial charge in [0.15, 0.2) is 5.25 Å². The maximum atomic E-state index is 13.0. The van der Waals surface area contributed by atoms with Gasteiger partial charge >= 0.3 is 0 Å². The van der Waals surface area contributed by atoms with Crippen molar-refractivity contribution in [3.8, 4) is 0 Å². The molecule has 0 aromatic carbocycles. The van der Waals surface area contributed by atoms with Crippen LogP contribution in [0, 0.1) is 5.41 Å². The number of rotatable bonds is 7. The van der Waals surface area contributed by atoms with Gasteiger partial charge in [0.05, 0.1) is 11.8 Å². The Morgan fingerprint density at radius 3 is 2.48 bits per heavy atom. The molecular weight excluding hydrogens is 396 g/mol. The molecule has 0 radical (unpaired) electrons. The quantitative estimate of drug-likeness (QED) is 0.648. The van der Waals surface area contributed by atoms with Gasteiger partial charge in [0.2, 0.25) is 22.0 Å². The number of hydrogen-bond acceptors (Lipinski definition) is 6. The molecule has 2 rings (SSSR count). The van der Waals surface area contributed by atoms with E-state index in [9.17, 15) is 18.0 Å². The molecule has 2 amide bonds. The summed E-state index contributed by atoms with van der Waals surface area (Å²) in [7, 11) is -3.96. The molecule has 0 aliphatic carbocycles. The van der Waals surface area contributed by atoms with Gasteiger partial charge in [-0.2, -0.15) is 0 Å². The van der Waals surface area contributed by atoms with E-state index in [-0.39, 0.29) is 23.8 Å². The third kappa shape index (κ3) is 5.48. The lowest BCUT2D eigenvalue weighted by Gasteiger charge is -2.30. The van der Waals surface area contributed by atoms with Crippen LogP contribution in [0.3, 0.4) is 0 Å². The molecule has 0 bridgehead atoms. The Hall–Kier alpha value is -1.68. The highest BCUT2D eigenvalue weighted by atomic mass is 32.2. The average molecular weight is 431 g/mol. The number of likely N-dealkylation sites (N-methyl/N-ethyl adjacent to an activating group) is 1. The summed E-state index contributed by atoms with van der Waals surface area (Å²) in [6.07, 6.45) is 1.13. The first-order valence-electron chi connectivity index (χ1n) is 10.2. The molecule has 10 heteroatoms. The summed E-state index contributed by atoms with van der Waals surface area (Å²) < 4.78 is 23.6. The van der Waals surface area contributed by atoms with Crippen molar-refractivity contribution in [3.63, 3.8) is 0 Å². The Morgan fingerprint density at radius 2 is 2.00 bits per heavy atom. The van der Waals surface area contributed by atoms with Crippen LogP contribution in [0.5, 0.6) is 0 Å². The van der Waals surface area contributed by atoms with Crippen LogP contribution in [0.2, 0.25) is 0 Å². The second-order valence-electron chi connectivity index (χ2n) is 8.80. The number of nitrogens with zero attached hydrogens (tertiary/aromatic N) is 3. The zero-order chi connectivity index (χ0) is 22.0. The van der Waals surface area contributed by atoms with E-state index < -0.39 is 27.3 Å². The van der Waals surface area contributed by atoms with E-state index in [1.807, 2.05) is 34.6 Å². The summed E-state index contributed by atoms with van der Waals surface area (Å²) in [5.74, 6) is -0.623. The van der Waals surface area contributed by atoms with E-state index >= 15 is 0 Å². The number of likely N-dealkylation sites (tertiary alicyclic amines) is 1. The molecule has 0 saturated carbocycles. The third-order valence-corrected chi connectivity index (χ3v) is 6.80. The Labute approximate surface area is 173 Å². The maximum Gasteiger partial charge on any atom is 0.267 e. The van der Waals surface area contributed by atoms with Crippen molar-refractivity contribution in [2.75, 3.05) is 19.6 Å². The molecule has 2 N–H and O–H groups in total. The number of hydrogen-bond donors (Lipinski definition) is 1. The molecule has 2 aliphatic rings. The smallest absolute Gasteiger partial charge is 0.267 e. The predicted molar refractivity (Wildman–Crippen MR) is 111 cm³/mol. The average Bonchev–Trinajstić information content (AvgIpc) is 3.28. The molecule has 29 heavy (non-hydrogen) atoms. The van der Waals surface area contributed by atoms with Crippen LogP contribution in [-0.2, 0) is 24.4 Å². The number of carbonyl (C=O) groups is 2. The highest BCUT2D eigenvalue weighted by Gasteiger charge is 2.41. The van der Waals surface area contributed by atoms with E-state index in [1.54, 1.807) is 4.90 Å². The Bertz CT molecular complexity index is 759. The van der Waals surface area contributed by atoms with Crippen LogP contribution in [0.15, 0.2) is 5.16 Å².